The fourth-order valence-corrected chi connectivity index (χ4v) is 2.14. The Balaban J connectivity index is 2.33. The molecule has 0 saturated carbocycles. The number of para-hydroxylation sites is 1. The molecule has 0 saturated heterocycles. The first kappa shape index (κ1) is 14.1. The standard InChI is InChI=1S/C16H17NO3/c18-10-4-6-12-5-3-7-13(11-12)14-8-1-2-9-15(14)17-16(19)20/h1-3,5,7-9,11,17-18H,4,6,10H2,(H,19,20). The van der Waals surface area contributed by atoms with Crippen molar-refractivity contribution in [1.82, 2.24) is 0 Å². The first-order valence-corrected chi connectivity index (χ1v) is 6.50. The molecule has 0 spiro atoms. The maximum atomic E-state index is 10.8. The predicted molar refractivity (Wildman–Crippen MR) is 78.9 cm³/mol. The van der Waals surface area contributed by atoms with Gasteiger partial charge in [-0.2, -0.15) is 0 Å². The van der Waals surface area contributed by atoms with Crippen molar-refractivity contribution in [3.8, 4) is 11.1 Å². The number of aliphatic hydroxyl groups excluding tert-OH is 1. The van der Waals surface area contributed by atoms with E-state index in [0.29, 0.717) is 5.69 Å². The molecule has 3 N–H and O–H groups in total. The Hall–Kier alpha value is -2.33. The average molecular weight is 271 g/mol. The molecule has 1 amide bonds. The highest BCUT2D eigenvalue weighted by Gasteiger charge is 2.07. The molecule has 2 aromatic rings. The van der Waals surface area contributed by atoms with Crippen LogP contribution in [0.5, 0.6) is 0 Å². The maximum absolute atomic E-state index is 10.8. The minimum atomic E-state index is -1.08. The van der Waals surface area contributed by atoms with E-state index in [1.54, 1.807) is 12.1 Å². The van der Waals surface area contributed by atoms with Crippen molar-refractivity contribution < 1.29 is 15.0 Å². The second-order valence-corrected chi connectivity index (χ2v) is 4.50. The Labute approximate surface area is 117 Å². The van der Waals surface area contributed by atoms with E-state index in [9.17, 15) is 4.79 Å². The Kier molecular flexibility index (Phi) is 4.74. The number of carbonyl (C=O) groups is 1. The summed E-state index contributed by atoms with van der Waals surface area (Å²) in [5, 5.41) is 20.2. The van der Waals surface area contributed by atoms with Crippen LogP contribution in [0.15, 0.2) is 48.5 Å². The van der Waals surface area contributed by atoms with Gasteiger partial charge in [0.1, 0.15) is 0 Å². The number of hydrogen-bond donors (Lipinski definition) is 3. The van der Waals surface area contributed by atoms with E-state index >= 15 is 0 Å². The molecule has 20 heavy (non-hydrogen) atoms. The van der Waals surface area contributed by atoms with E-state index in [1.807, 2.05) is 36.4 Å². The van der Waals surface area contributed by atoms with E-state index in [1.165, 1.54) is 0 Å². The van der Waals surface area contributed by atoms with Gasteiger partial charge in [0.05, 0.1) is 5.69 Å². The first-order valence-electron chi connectivity index (χ1n) is 6.50. The molecule has 0 unspecified atom stereocenters. The van der Waals surface area contributed by atoms with Gasteiger partial charge in [-0.15, -0.1) is 0 Å². The van der Waals surface area contributed by atoms with Gasteiger partial charge in [-0.1, -0.05) is 42.5 Å². The Morgan fingerprint density at radius 2 is 1.90 bits per heavy atom. The van der Waals surface area contributed by atoms with Crippen LogP contribution >= 0.6 is 0 Å². The van der Waals surface area contributed by atoms with Gasteiger partial charge in [-0.25, -0.2) is 4.79 Å². The second-order valence-electron chi connectivity index (χ2n) is 4.50. The number of carboxylic acid groups (broad SMARTS) is 1. The summed E-state index contributed by atoms with van der Waals surface area (Å²) < 4.78 is 0. The third-order valence-corrected chi connectivity index (χ3v) is 3.03. The number of aryl methyl sites for hydroxylation is 1. The van der Waals surface area contributed by atoms with E-state index < -0.39 is 6.09 Å². The predicted octanol–water partition coefficient (Wildman–Crippen LogP) is 3.37. The van der Waals surface area contributed by atoms with Crippen molar-refractivity contribution in [1.29, 1.82) is 0 Å². The summed E-state index contributed by atoms with van der Waals surface area (Å²) in [5.74, 6) is 0. The molecule has 0 atom stereocenters. The summed E-state index contributed by atoms with van der Waals surface area (Å²) in [4.78, 5) is 10.8. The maximum Gasteiger partial charge on any atom is 0.409 e. The highest BCUT2D eigenvalue weighted by atomic mass is 16.4. The van der Waals surface area contributed by atoms with E-state index in [-0.39, 0.29) is 6.61 Å². The van der Waals surface area contributed by atoms with Crippen LogP contribution in [0.4, 0.5) is 10.5 Å². The van der Waals surface area contributed by atoms with Gasteiger partial charge >= 0.3 is 6.09 Å². The van der Waals surface area contributed by atoms with Crippen molar-refractivity contribution in [3.63, 3.8) is 0 Å². The smallest absolute Gasteiger partial charge is 0.409 e. The normalized spacial score (nSPS) is 10.2. The lowest BCUT2D eigenvalue weighted by atomic mass is 9.99. The number of amides is 1. The summed E-state index contributed by atoms with van der Waals surface area (Å²) in [7, 11) is 0. The van der Waals surface area contributed by atoms with Crippen molar-refractivity contribution in [2.75, 3.05) is 11.9 Å². The molecule has 2 rings (SSSR count). The summed E-state index contributed by atoms with van der Waals surface area (Å²) in [6.07, 6.45) is 0.450. The summed E-state index contributed by atoms with van der Waals surface area (Å²) in [6.45, 7) is 0.168. The zero-order valence-corrected chi connectivity index (χ0v) is 11.0. The minimum absolute atomic E-state index is 0.168. The van der Waals surface area contributed by atoms with Gasteiger partial charge in [0.25, 0.3) is 0 Å². The van der Waals surface area contributed by atoms with Gasteiger partial charge in [0, 0.05) is 12.2 Å². The fourth-order valence-electron chi connectivity index (χ4n) is 2.14. The third-order valence-electron chi connectivity index (χ3n) is 3.03. The fraction of sp³-hybridized carbons (Fsp3) is 0.188. The van der Waals surface area contributed by atoms with Crippen LogP contribution in [0.3, 0.4) is 0 Å². The summed E-state index contributed by atoms with van der Waals surface area (Å²) in [6, 6.07) is 15.2. The van der Waals surface area contributed by atoms with Crippen LogP contribution in [-0.4, -0.2) is 22.9 Å². The lowest BCUT2D eigenvalue weighted by Gasteiger charge is -2.10. The number of nitrogens with one attached hydrogen (secondary N) is 1. The SMILES string of the molecule is O=C(O)Nc1ccccc1-c1cccc(CCCO)c1. The largest absolute Gasteiger partial charge is 0.465 e. The minimum Gasteiger partial charge on any atom is -0.465 e. The average Bonchev–Trinajstić information content (AvgIpc) is 2.45. The third kappa shape index (κ3) is 3.59. The molecule has 0 aromatic heterocycles. The summed E-state index contributed by atoms with van der Waals surface area (Å²) >= 11 is 0. The van der Waals surface area contributed by atoms with Crippen molar-refractivity contribution in [2.45, 2.75) is 12.8 Å². The van der Waals surface area contributed by atoms with E-state index in [4.69, 9.17) is 10.2 Å². The highest BCUT2D eigenvalue weighted by molar-refractivity contribution is 5.90. The Morgan fingerprint density at radius 3 is 2.65 bits per heavy atom. The monoisotopic (exact) mass is 271 g/mol. The Bertz CT molecular complexity index is 596. The first-order chi connectivity index (χ1) is 9.70. The molecule has 0 aliphatic carbocycles. The number of hydrogen-bond acceptors (Lipinski definition) is 2. The lowest BCUT2D eigenvalue weighted by Crippen LogP contribution is -2.08. The van der Waals surface area contributed by atoms with Crippen LogP contribution < -0.4 is 5.32 Å². The molecule has 0 bridgehead atoms. The lowest BCUT2D eigenvalue weighted by molar-refractivity contribution is 0.210. The number of rotatable bonds is 5. The van der Waals surface area contributed by atoms with Gasteiger partial charge in [-0.3, -0.25) is 5.32 Å². The zero-order chi connectivity index (χ0) is 14.4. The van der Waals surface area contributed by atoms with Crippen molar-refractivity contribution in [2.24, 2.45) is 0 Å². The number of anilines is 1. The second kappa shape index (κ2) is 6.73. The van der Waals surface area contributed by atoms with Gasteiger partial charge in [-0.05, 0) is 30.0 Å². The number of benzene rings is 2. The van der Waals surface area contributed by atoms with Crippen molar-refractivity contribution >= 4 is 11.8 Å². The molecule has 0 fully saturated rings. The molecule has 0 aliphatic heterocycles. The van der Waals surface area contributed by atoms with Crippen LogP contribution in [0.2, 0.25) is 0 Å². The molecule has 0 radical (unpaired) electrons. The van der Waals surface area contributed by atoms with Crippen LogP contribution in [-0.2, 0) is 6.42 Å². The molecule has 104 valence electrons. The van der Waals surface area contributed by atoms with Gasteiger partial charge in [0.2, 0.25) is 0 Å². The topological polar surface area (TPSA) is 69.6 Å². The number of aliphatic hydroxyl groups is 1. The summed E-state index contributed by atoms with van der Waals surface area (Å²) in [5.41, 5.74) is 3.51. The van der Waals surface area contributed by atoms with Gasteiger partial charge in [0.15, 0.2) is 0 Å². The van der Waals surface area contributed by atoms with Crippen LogP contribution in [0.1, 0.15) is 12.0 Å². The molecular formula is C16H17NO3. The molecule has 2 aromatic carbocycles. The van der Waals surface area contributed by atoms with E-state index in [0.717, 1.165) is 29.5 Å². The molecular weight excluding hydrogens is 254 g/mol. The molecule has 0 aliphatic rings. The Morgan fingerprint density at radius 1 is 1.10 bits per heavy atom. The molecule has 4 nitrogen and oxygen atoms in total. The zero-order valence-electron chi connectivity index (χ0n) is 11.0. The van der Waals surface area contributed by atoms with Crippen LogP contribution in [0.25, 0.3) is 11.1 Å². The molecule has 0 heterocycles. The quantitative estimate of drug-likeness (QED) is 0.781. The highest BCUT2D eigenvalue weighted by Crippen LogP contribution is 2.28. The van der Waals surface area contributed by atoms with E-state index in [2.05, 4.69) is 5.32 Å². The van der Waals surface area contributed by atoms with Crippen LogP contribution in [0, 0.1) is 0 Å². The van der Waals surface area contributed by atoms with Gasteiger partial charge < -0.3 is 10.2 Å². The molecule has 4 heteroatoms. The van der Waals surface area contributed by atoms with Crippen molar-refractivity contribution in [3.05, 3.63) is 54.1 Å².